The van der Waals surface area contributed by atoms with Crippen LogP contribution in [0.3, 0.4) is 0 Å². The van der Waals surface area contributed by atoms with Gasteiger partial charge in [0.15, 0.2) is 0 Å². The van der Waals surface area contributed by atoms with E-state index in [2.05, 4.69) is 16.9 Å². The number of aryl methyl sites for hydroxylation is 1. The second kappa shape index (κ2) is 5.42. The van der Waals surface area contributed by atoms with Gasteiger partial charge in [-0.1, -0.05) is 0 Å². The van der Waals surface area contributed by atoms with E-state index >= 15 is 0 Å². The quantitative estimate of drug-likeness (QED) is 0.742. The van der Waals surface area contributed by atoms with Crippen LogP contribution in [0.15, 0.2) is 11.5 Å². The van der Waals surface area contributed by atoms with Crippen LogP contribution in [0.4, 0.5) is 0 Å². The Morgan fingerprint density at radius 3 is 2.71 bits per heavy atom. The standard InChI is InChI=1S/C12H17N3OS/c1-10-13-11(9-17-10)3-4-12(16)15-7-5-14(2)6-8-15/h3-4,9H,5-8H2,1-2H3/b4-3+. The second-order valence-electron chi connectivity index (χ2n) is 4.25. The van der Waals surface area contributed by atoms with Crippen molar-refractivity contribution in [3.8, 4) is 0 Å². The number of amides is 1. The van der Waals surface area contributed by atoms with Crippen LogP contribution in [0.25, 0.3) is 6.08 Å². The van der Waals surface area contributed by atoms with Gasteiger partial charge in [-0.2, -0.15) is 0 Å². The maximum absolute atomic E-state index is 11.9. The summed E-state index contributed by atoms with van der Waals surface area (Å²) in [5.41, 5.74) is 0.870. The minimum Gasteiger partial charge on any atom is -0.337 e. The summed E-state index contributed by atoms with van der Waals surface area (Å²) in [6.07, 6.45) is 3.42. The van der Waals surface area contributed by atoms with Crippen molar-refractivity contribution < 1.29 is 4.79 Å². The molecule has 1 aliphatic heterocycles. The van der Waals surface area contributed by atoms with Crippen LogP contribution in [0.2, 0.25) is 0 Å². The van der Waals surface area contributed by atoms with E-state index in [1.807, 2.05) is 17.2 Å². The van der Waals surface area contributed by atoms with Crippen LogP contribution < -0.4 is 0 Å². The molecule has 0 spiro atoms. The number of thiazole rings is 1. The van der Waals surface area contributed by atoms with E-state index in [0.29, 0.717) is 0 Å². The topological polar surface area (TPSA) is 36.4 Å². The fraction of sp³-hybridized carbons (Fsp3) is 0.500. The lowest BCUT2D eigenvalue weighted by Gasteiger charge is -2.31. The number of piperazine rings is 1. The summed E-state index contributed by atoms with van der Waals surface area (Å²) in [6.45, 7) is 5.50. The molecule has 5 heteroatoms. The Balaban J connectivity index is 1.90. The van der Waals surface area contributed by atoms with Crippen molar-refractivity contribution in [1.82, 2.24) is 14.8 Å². The molecule has 4 nitrogen and oxygen atoms in total. The Kier molecular flexibility index (Phi) is 3.91. The first-order valence-corrected chi connectivity index (χ1v) is 6.61. The highest BCUT2D eigenvalue weighted by Gasteiger charge is 2.16. The Bertz CT molecular complexity index is 419. The molecule has 0 unspecified atom stereocenters. The molecule has 0 saturated carbocycles. The minimum atomic E-state index is 0.0868. The highest BCUT2D eigenvalue weighted by Crippen LogP contribution is 2.09. The summed E-state index contributed by atoms with van der Waals surface area (Å²) in [7, 11) is 2.08. The van der Waals surface area contributed by atoms with Gasteiger partial charge in [-0.3, -0.25) is 4.79 Å². The fourth-order valence-corrected chi connectivity index (χ4v) is 2.33. The van der Waals surface area contributed by atoms with E-state index in [1.54, 1.807) is 23.5 Å². The molecule has 2 rings (SSSR count). The highest BCUT2D eigenvalue weighted by atomic mass is 32.1. The van der Waals surface area contributed by atoms with E-state index in [-0.39, 0.29) is 5.91 Å². The molecule has 0 N–H and O–H groups in total. The third kappa shape index (κ3) is 3.38. The zero-order valence-corrected chi connectivity index (χ0v) is 11.0. The number of carbonyl (C=O) groups excluding carboxylic acids is 1. The Morgan fingerprint density at radius 2 is 2.12 bits per heavy atom. The molecule has 0 aromatic carbocycles. The van der Waals surface area contributed by atoms with E-state index in [9.17, 15) is 4.79 Å². The van der Waals surface area contributed by atoms with Crippen LogP contribution >= 0.6 is 11.3 Å². The third-order valence-corrected chi connectivity index (χ3v) is 3.64. The van der Waals surface area contributed by atoms with E-state index < -0.39 is 0 Å². The lowest BCUT2D eigenvalue weighted by Crippen LogP contribution is -2.46. The maximum atomic E-state index is 11.9. The molecule has 0 radical (unpaired) electrons. The monoisotopic (exact) mass is 251 g/mol. The van der Waals surface area contributed by atoms with Crippen molar-refractivity contribution in [3.05, 3.63) is 22.2 Å². The fourth-order valence-electron chi connectivity index (χ4n) is 1.75. The molecule has 0 bridgehead atoms. The minimum absolute atomic E-state index is 0.0868. The lowest BCUT2D eigenvalue weighted by molar-refractivity contribution is -0.127. The molecular formula is C12H17N3OS. The molecule has 92 valence electrons. The van der Waals surface area contributed by atoms with Crippen molar-refractivity contribution in [2.45, 2.75) is 6.92 Å². The summed E-state index contributed by atoms with van der Waals surface area (Å²) < 4.78 is 0. The molecule has 1 aromatic rings. The van der Waals surface area contributed by atoms with Crippen molar-refractivity contribution >= 4 is 23.3 Å². The van der Waals surface area contributed by atoms with Crippen LogP contribution in [0, 0.1) is 6.92 Å². The van der Waals surface area contributed by atoms with Crippen molar-refractivity contribution in [2.75, 3.05) is 33.2 Å². The number of aromatic nitrogens is 1. The van der Waals surface area contributed by atoms with Crippen LogP contribution in [-0.4, -0.2) is 53.9 Å². The Labute approximate surface area is 106 Å². The van der Waals surface area contributed by atoms with E-state index in [4.69, 9.17) is 0 Å². The number of likely N-dealkylation sites (N-methyl/N-ethyl adjacent to an activating group) is 1. The normalized spacial score (nSPS) is 17.9. The molecule has 1 aromatic heterocycles. The molecule has 0 atom stereocenters. The molecule has 1 aliphatic rings. The van der Waals surface area contributed by atoms with E-state index in [1.165, 1.54) is 0 Å². The van der Waals surface area contributed by atoms with Gasteiger partial charge in [0.05, 0.1) is 10.7 Å². The van der Waals surface area contributed by atoms with Gasteiger partial charge in [0.25, 0.3) is 0 Å². The lowest BCUT2D eigenvalue weighted by atomic mass is 10.3. The van der Waals surface area contributed by atoms with Crippen LogP contribution in [-0.2, 0) is 4.79 Å². The van der Waals surface area contributed by atoms with Gasteiger partial charge < -0.3 is 9.80 Å². The van der Waals surface area contributed by atoms with Gasteiger partial charge in [-0.05, 0) is 20.0 Å². The molecule has 17 heavy (non-hydrogen) atoms. The Hall–Kier alpha value is -1.20. The molecule has 1 saturated heterocycles. The smallest absolute Gasteiger partial charge is 0.246 e. The summed E-state index contributed by atoms with van der Waals surface area (Å²) >= 11 is 1.60. The zero-order chi connectivity index (χ0) is 12.3. The van der Waals surface area contributed by atoms with Gasteiger partial charge in [0, 0.05) is 37.6 Å². The molecule has 1 fully saturated rings. The zero-order valence-electron chi connectivity index (χ0n) is 10.2. The van der Waals surface area contributed by atoms with Gasteiger partial charge in [0.2, 0.25) is 5.91 Å². The molecular weight excluding hydrogens is 234 g/mol. The van der Waals surface area contributed by atoms with Gasteiger partial charge >= 0.3 is 0 Å². The average molecular weight is 251 g/mol. The molecule has 0 aliphatic carbocycles. The summed E-state index contributed by atoms with van der Waals surface area (Å²) in [6, 6.07) is 0. The van der Waals surface area contributed by atoms with Crippen molar-refractivity contribution in [3.63, 3.8) is 0 Å². The molecule has 1 amide bonds. The van der Waals surface area contributed by atoms with Crippen LogP contribution in [0.1, 0.15) is 10.7 Å². The number of nitrogens with zero attached hydrogens (tertiary/aromatic N) is 3. The number of carbonyl (C=O) groups is 1. The Morgan fingerprint density at radius 1 is 1.41 bits per heavy atom. The first-order chi connectivity index (χ1) is 8.15. The predicted molar refractivity (Wildman–Crippen MR) is 70.0 cm³/mol. The third-order valence-electron chi connectivity index (χ3n) is 2.85. The van der Waals surface area contributed by atoms with Gasteiger partial charge in [-0.25, -0.2) is 4.98 Å². The number of rotatable bonds is 2. The maximum Gasteiger partial charge on any atom is 0.246 e. The summed E-state index contributed by atoms with van der Waals surface area (Å²) in [5, 5.41) is 2.99. The predicted octanol–water partition coefficient (Wildman–Crippen LogP) is 1.24. The van der Waals surface area contributed by atoms with Crippen LogP contribution in [0.5, 0.6) is 0 Å². The number of hydrogen-bond acceptors (Lipinski definition) is 4. The van der Waals surface area contributed by atoms with Crippen molar-refractivity contribution in [1.29, 1.82) is 0 Å². The van der Waals surface area contributed by atoms with Gasteiger partial charge in [-0.15, -0.1) is 11.3 Å². The average Bonchev–Trinajstić information content (AvgIpc) is 2.73. The largest absolute Gasteiger partial charge is 0.337 e. The van der Waals surface area contributed by atoms with Crippen molar-refractivity contribution in [2.24, 2.45) is 0 Å². The molecule has 2 heterocycles. The first-order valence-electron chi connectivity index (χ1n) is 5.73. The summed E-state index contributed by atoms with van der Waals surface area (Å²) in [4.78, 5) is 20.3. The SMILES string of the molecule is Cc1nc(/C=C/C(=O)N2CCN(C)CC2)cs1. The summed E-state index contributed by atoms with van der Waals surface area (Å²) in [5.74, 6) is 0.0868. The highest BCUT2D eigenvalue weighted by molar-refractivity contribution is 7.09. The number of hydrogen-bond donors (Lipinski definition) is 0. The van der Waals surface area contributed by atoms with Gasteiger partial charge in [0.1, 0.15) is 0 Å². The van der Waals surface area contributed by atoms with E-state index in [0.717, 1.165) is 36.9 Å². The first kappa shape index (κ1) is 12.3. The second-order valence-corrected chi connectivity index (χ2v) is 5.32.